The lowest BCUT2D eigenvalue weighted by molar-refractivity contribution is 0.0498. The van der Waals surface area contributed by atoms with Crippen LogP contribution in [0.3, 0.4) is 0 Å². The van der Waals surface area contributed by atoms with Gasteiger partial charge < -0.3 is 15.6 Å². The Labute approximate surface area is 83.7 Å². The summed E-state index contributed by atoms with van der Waals surface area (Å²) in [7, 11) is 1.57. The molecule has 0 saturated carbocycles. The molecule has 1 heterocycles. The number of hydrogen-bond donors (Lipinski definition) is 2. The molecule has 0 aliphatic heterocycles. The summed E-state index contributed by atoms with van der Waals surface area (Å²) in [6.07, 6.45) is 3.72. The number of nitrogens with two attached hydrogens (primary N) is 1. The van der Waals surface area contributed by atoms with Crippen LogP contribution in [0, 0.1) is 0 Å². The second-order valence-electron chi connectivity index (χ2n) is 3.43. The molecule has 0 radical (unpaired) electrons. The van der Waals surface area contributed by atoms with E-state index in [4.69, 9.17) is 10.5 Å². The molecule has 0 fully saturated rings. The third-order valence-corrected chi connectivity index (χ3v) is 2.20. The average Bonchev–Trinajstić information content (AvgIpc) is 2.18. The number of nitrogens with zero attached hydrogens (tertiary/aromatic N) is 1. The molecule has 1 rings (SSSR count). The van der Waals surface area contributed by atoms with Crippen molar-refractivity contribution in [2.45, 2.75) is 18.9 Å². The van der Waals surface area contributed by atoms with Crippen molar-refractivity contribution in [3.05, 3.63) is 24.0 Å². The molecule has 4 heteroatoms. The van der Waals surface area contributed by atoms with Crippen LogP contribution in [0.4, 0.5) is 0 Å². The standard InChI is InChI=1S/C10H16N2O2/c1-10(13,3-4-11)8-5-9(14-2)7-12-6-8/h5-7,13H,3-4,11H2,1-2H3. The van der Waals surface area contributed by atoms with E-state index < -0.39 is 5.60 Å². The van der Waals surface area contributed by atoms with E-state index in [1.54, 1.807) is 32.5 Å². The highest BCUT2D eigenvalue weighted by Gasteiger charge is 2.22. The highest BCUT2D eigenvalue weighted by Crippen LogP contribution is 2.25. The topological polar surface area (TPSA) is 68.4 Å². The van der Waals surface area contributed by atoms with Crippen molar-refractivity contribution < 1.29 is 9.84 Å². The molecule has 1 aromatic rings. The maximum Gasteiger partial charge on any atom is 0.137 e. The summed E-state index contributed by atoms with van der Waals surface area (Å²) in [5.41, 5.74) is 5.20. The number of pyridine rings is 1. The molecular weight excluding hydrogens is 180 g/mol. The van der Waals surface area contributed by atoms with Crippen LogP contribution in [0.25, 0.3) is 0 Å². The fraction of sp³-hybridized carbons (Fsp3) is 0.500. The zero-order valence-corrected chi connectivity index (χ0v) is 8.53. The van der Waals surface area contributed by atoms with Crippen molar-refractivity contribution >= 4 is 0 Å². The predicted octanol–water partition coefficient (Wildman–Crippen LogP) is 0.646. The van der Waals surface area contributed by atoms with E-state index in [1.165, 1.54) is 0 Å². The van der Waals surface area contributed by atoms with Crippen molar-refractivity contribution in [2.24, 2.45) is 5.73 Å². The van der Waals surface area contributed by atoms with Gasteiger partial charge in [-0.25, -0.2) is 0 Å². The Morgan fingerprint density at radius 3 is 2.86 bits per heavy atom. The third kappa shape index (κ3) is 2.43. The fourth-order valence-electron chi connectivity index (χ4n) is 1.25. The molecule has 3 N–H and O–H groups in total. The lowest BCUT2D eigenvalue weighted by atomic mass is 9.94. The maximum absolute atomic E-state index is 10.0. The number of rotatable bonds is 4. The molecule has 0 bridgehead atoms. The Morgan fingerprint density at radius 1 is 1.57 bits per heavy atom. The maximum atomic E-state index is 10.0. The third-order valence-electron chi connectivity index (χ3n) is 2.20. The second kappa shape index (κ2) is 4.39. The van der Waals surface area contributed by atoms with Crippen LogP contribution in [-0.2, 0) is 5.60 Å². The van der Waals surface area contributed by atoms with Crippen LogP contribution < -0.4 is 10.5 Å². The first kappa shape index (κ1) is 10.9. The van der Waals surface area contributed by atoms with Gasteiger partial charge in [0.1, 0.15) is 5.75 Å². The second-order valence-corrected chi connectivity index (χ2v) is 3.43. The Morgan fingerprint density at radius 2 is 2.29 bits per heavy atom. The van der Waals surface area contributed by atoms with Crippen LogP contribution in [0.5, 0.6) is 5.75 Å². The van der Waals surface area contributed by atoms with Gasteiger partial charge in [-0.2, -0.15) is 0 Å². The summed E-state index contributed by atoms with van der Waals surface area (Å²) in [5.74, 6) is 0.639. The SMILES string of the molecule is COc1cncc(C(C)(O)CCN)c1. The average molecular weight is 196 g/mol. The molecule has 0 aliphatic carbocycles. The summed E-state index contributed by atoms with van der Waals surface area (Å²) in [6, 6.07) is 1.77. The smallest absolute Gasteiger partial charge is 0.137 e. The van der Waals surface area contributed by atoms with Gasteiger partial charge in [-0.15, -0.1) is 0 Å². The first-order valence-corrected chi connectivity index (χ1v) is 4.52. The van der Waals surface area contributed by atoms with Crippen molar-refractivity contribution in [1.82, 2.24) is 4.98 Å². The summed E-state index contributed by atoms with van der Waals surface area (Å²) in [4.78, 5) is 3.98. The van der Waals surface area contributed by atoms with E-state index in [2.05, 4.69) is 4.98 Å². The molecule has 4 nitrogen and oxygen atoms in total. The van der Waals surface area contributed by atoms with Crippen molar-refractivity contribution in [3.63, 3.8) is 0 Å². The van der Waals surface area contributed by atoms with Gasteiger partial charge >= 0.3 is 0 Å². The Bertz CT molecular complexity index is 300. The summed E-state index contributed by atoms with van der Waals surface area (Å²) in [5, 5.41) is 10.0. The molecule has 1 atom stereocenters. The molecule has 1 unspecified atom stereocenters. The molecule has 0 aromatic carbocycles. The van der Waals surface area contributed by atoms with E-state index in [-0.39, 0.29) is 0 Å². The van der Waals surface area contributed by atoms with Gasteiger partial charge in [0.2, 0.25) is 0 Å². The Kier molecular flexibility index (Phi) is 3.43. The van der Waals surface area contributed by atoms with Gasteiger partial charge in [0, 0.05) is 11.8 Å². The summed E-state index contributed by atoms with van der Waals surface area (Å²) >= 11 is 0. The minimum Gasteiger partial charge on any atom is -0.495 e. The highest BCUT2D eigenvalue weighted by atomic mass is 16.5. The number of methoxy groups -OCH3 is 1. The molecular formula is C10H16N2O2. The number of aromatic nitrogens is 1. The molecule has 14 heavy (non-hydrogen) atoms. The van der Waals surface area contributed by atoms with Crippen LogP contribution in [-0.4, -0.2) is 23.7 Å². The van der Waals surface area contributed by atoms with E-state index in [1.807, 2.05) is 0 Å². The number of aliphatic hydroxyl groups is 1. The van der Waals surface area contributed by atoms with Crippen LogP contribution in [0.1, 0.15) is 18.9 Å². The first-order chi connectivity index (χ1) is 6.60. The van der Waals surface area contributed by atoms with Gasteiger partial charge in [0.05, 0.1) is 18.9 Å². The fourth-order valence-corrected chi connectivity index (χ4v) is 1.25. The van der Waals surface area contributed by atoms with Crippen LogP contribution in [0.2, 0.25) is 0 Å². The summed E-state index contributed by atoms with van der Waals surface area (Å²) in [6.45, 7) is 2.15. The van der Waals surface area contributed by atoms with Crippen molar-refractivity contribution in [1.29, 1.82) is 0 Å². The van der Waals surface area contributed by atoms with Crippen molar-refractivity contribution in [2.75, 3.05) is 13.7 Å². The van der Waals surface area contributed by atoms with E-state index in [0.29, 0.717) is 18.7 Å². The van der Waals surface area contributed by atoms with Crippen LogP contribution >= 0.6 is 0 Å². The molecule has 1 aromatic heterocycles. The normalized spacial score (nSPS) is 14.9. The predicted molar refractivity (Wildman–Crippen MR) is 54.0 cm³/mol. The van der Waals surface area contributed by atoms with Crippen LogP contribution in [0.15, 0.2) is 18.5 Å². The first-order valence-electron chi connectivity index (χ1n) is 4.52. The van der Waals surface area contributed by atoms with Gasteiger partial charge in [0.25, 0.3) is 0 Å². The quantitative estimate of drug-likeness (QED) is 0.741. The van der Waals surface area contributed by atoms with Gasteiger partial charge in [-0.3, -0.25) is 4.98 Å². The monoisotopic (exact) mass is 196 g/mol. The molecule has 0 aliphatic rings. The molecule has 0 saturated heterocycles. The van der Waals surface area contributed by atoms with Gasteiger partial charge in [-0.05, 0) is 26.0 Å². The van der Waals surface area contributed by atoms with Gasteiger partial charge in [-0.1, -0.05) is 0 Å². The minimum atomic E-state index is -0.934. The molecule has 0 spiro atoms. The highest BCUT2D eigenvalue weighted by molar-refractivity contribution is 5.27. The summed E-state index contributed by atoms with van der Waals surface area (Å²) < 4.78 is 5.02. The zero-order valence-electron chi connectivity index (χ0n) is 8.53. The Balaban J connectivity index is 2.93. The lowest BCUT2D eigenvalue weighted by Gasteiger charge is -2.22. The molecule has 0 amide bonds. The van der Waals surface area contributed by atoms with E-state index in [9.17, 15) is 5.11 Å². The van der Waals surface area contributed by atoms with Gasteiger partial charge in [0.15, 0.2) is 0 Å². The number of ether oxygens (including phenoxy) is 1. The Hall–Kier alpha value is -1.13. The van der Waals surface area contributed by atoms with E-state index in [0.717, 1.165) is 5.56 Å². The van der Waals surface area contributed by atoms with Crippen molar-refractivity contribution in [3.8, 4) is 5.75 Å². The molecule has 78 valence electrons. The largest absolute Gasteiger partial charge is 0.495 e. The lowest BCUT2D eigenvalue weighted by Crippen LogP contribution is -2.25. The van der Waals surface area contributed by atoms with E-state index >= 15 is 0 Å². The minimum absolute atomic E-state index is 0.435. The number of hydrogen-bond acceptors (Lipinski definition) is 4. The zero-order chi connectivity index (χ0) is 10.6.